The Morgan fingerprint density at radius 2 is 2.37 bits per heavy atom. The van der Waals surface area contributed by atoms with Gasteiger partial charge >= 0.3 is 0 Å². The first-order valence-electron chi connectivity index (χ1n) is 6.26. The minimum atomic E-state index is -0.170. The lowest BCUT2D eigenvalue weighted by atomic mass is 10.4. The smallest absolute Gasteiger partial charge is 0.234 e. The largest absolute Gasteiger partial charge is 0.379 e. The molecule has 1 atom stereocenters. The number of thioether (sulfide) groups is 1. The van der Waals surface area contributed by atoms with Crippen LogP contribution in [0.1, 0.15) is 6.92 Å². The van der Waals surface area contributed by atoms with Crippen molar-refractivity contribution in [1.82, 2.24) is 20.2 Å². The van der Waals surface area contributed by atoms with Gasteiger partial charge in [-0.3, -0.25) is 9.69 Å². The first kappa shape index (κ1) is 14.2. The van der Waals surface area contributed by atoms with E-state index in [1.807, 2.05) is 6.92 Å². The standard InChI is InChI=1S/C12H18N4O2S/c1-10(19-11-2-3-13-8-14-11)12(17)15-9-16-4-6-18-7-5-16/h2-3,8,10H,4-7,9H2,1H3,(H,15,17). The molecule has 1 saturated heterocycles. The molecule has 0 aromatic carbocycles. The number of rotatable bonds is 5. The van der Waals surface area contributed by atoms with E-state index in [1.165, 1.54) is 18.1 Å². The van der Waals surface area contributed by atoms with Crippen molar-refractivity contribution in [3.05, 3.63) is 18.6 Å². The molecule has 0 spiro atoms. The lowest BCUT2D eigenvalue weighted by molar-refractivity contribution is -0.121. The van der Waals surface area contributed by atoms with Crippen LogP contribution >= 0.6 is 11.8 Å². The van der Waals surface area contributed by atoms with Gasteiger partial charge in [0, 0.05) is 19.3 Å². The summed E-state index contributed by atoms with van der Waals surface area (Å²) >= 11 is 1.43. The van der Waals surface area contributed by atoms with Crippen molar-refractivity contribution in [2.75, 3.05) is 33.0 Å². The Morgan fingerprint density at radius 1 is 1.58 bits per heavy atom. The predicted octanol–water partition coefficient (Wildman–Crippen LogP) is 0.363. The summed E-state index contributed by atoms with van der Waals surface area (Å²) in [6, 6.07) is 1.80. The van der Waals surface area contributed by atoms with Crippen LogP contribution in [0.4, 0.5) is 0 Å². The van der Waals surface area contributed by atoms with Gasteiger partial charge in [0.15, 0.2) is 0 Å². The van der Waals surface area contributed by atoms with Crippen LogP contribution in [0.3, 0.4) is 0 Å². The predicted molar refractivity (Wildman–Crippen MR) is 72.8 cm³/mol. The van der Waals surface area contributed by atoms with Gasteiger partial charge in [-0.15, -0.1) is 0 Å². The van der Waals surface area contributed by atoms with Crippen molar-refractivity contribution in [2.24, 2.45) is 0 Å². The number of hydrogen-bond donors (Lipinski definition) is 1. The second kappa shape index (κ2) is 7.42. The highest BCUT2D eigenvalue weighted by Gasteiger charge is 2.16. The molecule has 1 amide bonds. The third kappa shape index (κ3) is 4.77. The molecule has 1 N–H and O–H groups in total. The summed E-state index contributed by atoms with van der Waals surface area (Å²) in [5.74, 6) is 0.0232. The van der Waals surface area contributed by atoms with E-state index in [9.17, 15) is 4.79 Å². The molecule has 2 heterocycles. The molecular weight excluding hydrogens is 264 g/mol. The minimum Gasteiger partial charge on any atom is -0.379 e. The molecule has 0 bridgehead atoms. The third-order valence-corrected chi connectivity index (χ3v) is 3.85. The number of carbonyl (C=O) groups excluding carboxylic acids is 1. The minimum absolute atomic E-state index is 0.0232. The second-order valence-electron chi connectivity index (χ2n) is 4.24. The van der Waals surface area contributed by atoms with Gasteiger partial charge in [-0.05, 0) is 13.0 Å². The van der Waals surface area contributed by atoms with Crippen LogP contribution in [0.2, 0.25) is 0 Å². The molecule has 0 aliphatic carbocycles. The summed E-state index contributed by atoms with van der Waals surface area (Å²) in [5, 5.41) is 3.58. The molecule has 1 fully saturated rings. The summed E-state index contributed by atoms with van der Waals surface area (Å²) in [6.07, 6.45) is 3.16. The highest BCUT2D eigenvalue weighted by molar-refractivity contribution is 8.00. The molecule has 1 aromatic rings. The number of hydrogen-bond acceptors (Lipinski definition) is 6. The Hall–Kier alpha value is -1.18. The van der Waals surface area contributed by atoms with E-state index < -0.39 is 0 Å². The Labute approximate surface area is 116 Å². The summed E-state index contributed by atoms with van der Waals surface area (Å²) in [6.45, 7) is 5.67. The van der Waals surface area contributed by atoms with Crippen molar-refractivity contribution in [3.63, 3.8) is 0 Å². The molecule has 1 aliphatic rings. The summed E-state index contributed by atoms with van der Waals surface area (Å²) in [5.41, 5.74) is 0. The molecular formula is C12H18N4O2S. The molecule has 7 heteroatoms. The van der Waals surface area contributed by atoms with Crippen molar-refractivity contribution in [3.8, 4) is 0 Å². The maximum atomic E-state index is 12.0. The van der Waals surface area contributed by atoms with Crippen LogP contribution in [0.15, 0.2) is 23.6 Å². The van der Waals surface area contributed by atoms with Gasteiger partial charge in [0.05, 0.1) is 25.1 Å². The maximum Gasteiger partial charge on any atom is 0.234 e. The molecule has 1 unspecified atom stereocenters. The van der Waals surface area contributed by atoms with Gasteiger partial charge in [0.2, 0.25) is 5.91 Å². The number of carbonyl (C=O) groups is 1. The maximum absolute atomic E-state index is 12.0. The molecule has 104 valence electrons. The van der Waals surface area contributed by atoms with Crippen molar-refractivity contribution in [1.29, 1.82) is 0 Å². The van der Waals surface area contributed by atoms with E-state index in [0.717, 1.165) is 31.3 Å². The lowest BCUT2D eigenvalue weighted by Crippen LogP contribution is -2.45. The molecule has 1 aromatic heterocycles. The van der Waals surface area contributed by atoms with Crippen molar-refractivity contribution in [2.45, 2.75) is 17.2 Å². The number of nitrogens with one attached hydrogen (secondary N) is 1. The highest BCUT2D eigenvalue weighted by Crippen LogP contribution is 2.19. The van der Waals surface area contributed by atoms with Crippen LogP contribution in [-0.2, 0) is 9.53 Å². The number of ether oxygens (including phenoxy) is 1. The first-order chi connectivity index (χ1) is 9.25. The summed E-state index contributed by atoms with van der Waals surface area (Å²) in [7, 11) is 0. The van der Waals surface area contributed by atoms with Crippen LogP contribution < -0.4 is 5.32 Å². The zero-order valence-electron chi connectivity index (χ0n) is 10.9. The average Bonchev–Trinajstić information content (AvgIpc) is 2.47. The molecule has 19 heavy (non-hydrogen) atoms. The Balaban J connectivity index is 1.73. The summed E-state index contributed by atoms with van der Waals surface area (Å²) < 4.78 is 5.26. The number of morpholine rings is 1. The van der Waals surface area contributed by atoms with Crippen LogP contribution in [0.25, 0.3) is 0 Å². The van der Waals surface area contributed by atoms with E-state index in [0.29, 0.717) is 6.67 Å². The molecule has 2 rings (SSSR count). The third-order valence-electron chi connectivity index (χ3n) is 2.80. The Kier molecular flexibility index (Phi) is 5.56. The van der Waals surface area contributed by atoms with E-state index in [4.69, 9.17) is 4.74 Å². The molecule has 6 nitrogen and oxygen atoms in total. The number of nitrogens with zero attached hydrogens (tertiary/aromatic N) is 3. The zero-order valence-corrected chi connectivity index (χ0v) is 11.7. The number of aromatic nitrogens is 2. The van der Waals surface area contributed by atoms with Crippen LogP contribution in [-0.4, -0.2) is 59.0 Å². The molecule has 1 aliphatic heterocycles. The normalized spacial score (nSPS) is 17.9. The van der Waals surface area contributed by atoms with E-state index in [1.54, 1.807) is 12.3 Å². The fourth-order valence-electron chi connectivity index (χ4n) is 1.68. The van der Waals surface area contributed by atoms with E-state index in [2.05, 4.69) is 20.2 Å². The zero-order chi connectivity index (χ0) is 13.5. The fraction of sp³-hybridized carbons (Fsp3) is 0.583. The van der Waals surface area contributed by atoms with Crippen molar-refractivity contribution < 1.29 is 9.53 Å². The van der Waals surface area contributed by atoms with Gasteiger partial charge in [0.1, 0.15) is 11.4 Å². The Morgan fingerprint density at radius 3 is 3.05 bits per heavy atom. The van der Waals surface area contributed by atoms with Gasteiger partial charge in [-0.1, -0.05) is 11.8 Å². The SMILES string of the molecule is CC(Sc1ccncn1)C(=O)NCN1CCOCC1. The average molecular weight is 282 g/mol. The lowest BCUT2D eigenvalue weighted by Gasteiger charge is -2.27. The summed E-state index contributed by atoms with van der Waals surface area (Å²) in [4.78, 5) is 22.1. The van der Waals surface area contributed by atoms with E-state index >= 15 is 0 Å². The van der Waals surface area contributed by atoms with Gasteiger partial charge in [0.25, 0.3) is 0 Å². The Bertz CT molecular complexity index is 398. The molecule has 0 radical (unpaired) electrons. The monoisotopic (exact) mass is 282 g/mol. The number of amides is 1. The fourth-order valence-corrected chi connectivity index (χ4v) is 2.48. The highest BCUT2D eigenvalue weighted by atomic mass is 32.2. The quantitative estimate of drug-likeness (QED) is 0.621. The van der Waals surface area contributed by atoms with Gasteiger partial charge < -0.3 is 10.1 Å². The van der Waals surface area contributed by atoms with E-state index in [-0.39, 0.29) is 11.2 Å². The van der Waals surface area contributed by atoms with Crippen LogP contribution in [0, 0.1) is 0 Å². The van der Waals surface area contributed by atoms with Crippen LogP contribution in [0.5, 0.6) is 0 Å². The van der Waals surface area contributed by atoms with Gasteiger partial charge in [-0.2, -0.15) is 0 Å². The van der Waals surface area contributed by atoms with Gasteiger partial charge in [-0.25, -0.2) is 9.97 Å². The second-order valence-corrected chi connectivity index (χ2v) is 5.60. The molecule has 0 saturated carbocycles. The first-order valence-corrected chi connectivity index (χ1v) is 7.14. The van der Waals surface area contributed by atoms with Crippen molar-refractivity contribution >= 4 is 17.7 Å². The topological polar surface area (TPSA) is 67.4 Å².